The van der Waals surface area contributed by atoms with Crippen molar-refractivity contribution in [1.82, 2.24) is 0 Å². The van der Waals surface area contributed by atoms with Crippen molar-refractivity contribution >= 4 is 23.2 Å². The molecule has 0 fully saturated rings. The second-order valence-electron chi connectivity index (χ2n) is 5.57. The summed E-state index contributed by atoms with van der Waals surface area (Å²) in [5.41, 5.74) is 1.69. The predicted octanol–water partition coefficient (Wildman–Crippen LogP) is 4.14. The highest BCUT2D eigenvalue weighted by atomic mass is 35.5. The normalized spacial score (nSPS) is 12.3. The highest BCUT2D eigenvalue weighted by Gasteiger charge is 2.24. The minimum Gasteiger partial charge on any atom is -0.463 e. The standard InChI is InChI=1S/C18H28ClNO4/c1-6-22-12-20(17(21)11-19)18-15(13(3)4)9-8-10-16(18)24-14(5)23-7-2/h8-10,13-14H,6-7,11-12H2,1-5H3. The average molecular weight is 358 g/mol. The van der Waals surface area contributed by atoms with Crippen molar-refractivity contribution in [2.45, 2.75) is 46.8 Å². The molecule has 0 bridgehead atoms. The fourth-order valence-corrected chi connectivity index (χ4v) is 2.50. The summed E-state index contributed by atoms with van der Waals surface area (Å²) < 4.78 is 16.9. The lowest BCUT2D eigenvalue weighted by molar-refractivity contribution is -0.117. The molecule has 1 unspecified atom stereocenters. The minimum absolute atomic E-state index is 0.125. The van der Waals surface area contributed by atoms with E-state index in [0.29, 0.717) is 24.7 Å². The van der Waals surface area contributed by atoms with Crippen LogP contribution >= 0.6 is 11.6 Å². The lowest BCUT2D eigenvalue weighted by Crippen LogP contribution is -2.35. The van der Waals surface area contributed by atoms with Gasteiger partial charge >= 0.3 is 0 Å². The van der Waals surface area contributed by atoms with Gasteiger partial charge in [0.15, 0.2) is 6.29 Å². The molecule has 1 rings (SSSR count). The topological polar surface area (TPSA) is 48.0 Å². The molecule has 0 aromatic heterocycles. The predicted molar refractivity (Wildman–Crippen MR) is 96.9 cm³/mol. The molecule has 1 aromatic carbocycles. The van der Waals surface area contributed by atoms with Gasteiger partial charge in [-0.2, -0.15) is 0 Å². The van der Waals surface area contributed by atoms with E-state index in [1.54, 1.807) is 4.90 Å². The van der Waals surface area contributed by atoms with Gasteiger partial charge in [0.1, 0.15) is 18.4 Å². The second-order valence-corrected chi connectivity index (χ2v) is 5.83. The smallest absolute Gasteiger partial charge is 0.243 e. The van der Waals surface area contributed by atoms with Gasteiger partial charge in [-0.05, 0) is 38.3 Å². The first-order valence-corrected chi connectivity index (χ1v) is 8.84. The Labute approximate surface area is 149 Å². The number of hydrogen-bond donors (Lipinski definition) is 0. The van der Waals surface area contributed by atoms with Gasteiger partial charge in [-0.25, -0.2) is 0 Å². The zero-order valence-corrected chi connectivity index (χ0v) is 15.9. The molecule has 0 aliphatic rings. The number of rotatable bonds is 10. The van der Waals surface area contributed by atoms with Gasteiger partial charge in [-0.3, -0.25) is 9.69 Å². The molecular formula is C18H28ClNO4. The molecule has 6 heteroatoms. The van der Waals surface area contributed by atoms with Crippen LogP contribution < -0.4 is 9.64 Å². The third-order valence-corrected chi connectivity index (χ3v) is 3.68. The van der Waals surface area contributed by atoms with Crippen LogP contribution in [0.3, 0.4) is 0 Å². The number of halogens is 1. The molecule has 0 aliphatic carbocycles. The summed E-state index contributed by atoms with van der Waals surface area (Å²) in [5.74, 6) is 0.436. The van der Waals surface area contributed by atoms with Crippen LogP contribution in [0.15, 0.2) is 18.2 Å². The van der Waals surface area contributed by atoms with Gasteiger partial charge in [0, 0.05) is 13.2 Å². The number of benzene rings is 1. The highest BCUT2D eigenvalue weighted by Crippen LogP contribution is 2.37. The lowest BCUT2D eigenvalue weighted by Gasteiger charge is -2.28. The molecule has 1 amide bonds. The van der Waals surface area contributed by atoms with E-state index in [1.807, 2.05) is 39.0 Å². The number of alkyl halides is 1. The molecule has 24 heavy (non-hydrogen) atoms. The molecule has 136 valence electrons. The van der Waals surface area contributed by atoms with Gasteiger partial charge in [-0.15, -0.1) is 11.6 Å². The van der Waals surface area contributed by atoms with Crippen molar-refractivity contribution in [3.8, 4) is 5.75 Å². The van der Waals surface area contributed by atoms with E-state index in [9.17, 15) is 4.79 Å². The molecule has 0 saturated heterocycles. The third-order valence-electron chi connectivity index (χ3n) is 3.46. The van der Waals surface area contributed by atoms with Gasteiger partial charge < -0.3 is 14.2 Å². The summed E-state index contributed by atoms with van der Waals surface area (Å²) in [6.45, 7) is 10.9. The van der Waals surface area contributed by atoms with E-state index in [-0.39, 0.29) is 24.4 Å². The molecular weight excluding hydrogens is 330 g/mol. The van der Waals surface area contributed by atoms with Crippen molar-refractivity contribution in [2.75, 3.05) is 30.7 Å². The molecule has 0 aliphatic heterocycles. The second kappa shape index (κ2) is 10.5. The maximum atomic E-state index is 12.4. The van der Waals surface area contributed by atoms with Crippen molar-refractivity contribution in [3.05, 3.63) is 23.8 Å². The van der Waals surface area contributed by atoms with E-state index < -0.39 is 6.29 Å². The number of carbonyl (C=O) groups is 1. The number of para-hydroxylation sites is 1. The molecule has 0 N–H and O–H groups in total. The zero-order chi connectivity index (χ0) is 18.1. The number of hydrogen-bond acceptors (Lipinski definition) is 4. The minimum atomic E-state index is -0.420. The van der Waals surface area contributed by atoms with Gasteiger partial charge in [0.25, 0.3) is 0 Å². The number of nitrogens with zero attached hydrogens (tertiary/aromatic N) is 1. The first-order chi connectivity index (χ1) is 11.5. The van der Waals surface area contributed by atoms with Crippen LogP contribution in [0.2, 0.25) is 0 Å². The van der Waals surface area contributed by atoms with Crippen molar-refractivity contribution < 1.29 is 19.0 Å². The van der Waals surface area contributed by atoms with Gasteiger partial charge in [0.05, 0.1) is 5.69 Å². The van der Waals surface area contributed by atoms with Crippen molar-refractivity contribution in [3.63, 3.8) is 0 Å². The SMILES string of the molecule is CCOCN(C(=O)CCl)c1c(OC(C)OCC)cccc1C(C)C. The Morgan fingerprint density at radius 2 is 1.92 bits per heavy atom. The largest absolute Gasteiger partial charge is 0.463 e. The van der Waals surface area contributed by atoms with Crippen LogP contribution in [0.5, 0.6) is 5.75 Å². The molecule has 1 aromatic rings. The van der Waals surface area contributed by atoms with E-state index in [0.717, 1.165) is 5.56 Å². The Hall–Kier alpha value is -1.30. The van der Waals surface area contributed by atoms with Gasteiger partial charge in [-0.1, -0.05) is 26.0 Å². The Morgan fingerprint density at radius 1 is 1.21 bits per heavy atom. The summed E-state index contributed by atoms with van der Waals surface area (Å²) in [6.07, 6.45) is -0.420. The van der Waals surface area contributed by atoms with E-state index in [1.165, 1.54) is 0 Å². The van der Waals surface area contributed by atoms with Crippen LogP contribution in [0.4, 0.5) is 5.69 Å². The summed E-state index contributed by atoms with van der Waals surface area (Å²) in [7, 11) is 0. The Bertz CT molecular complexity index is 522. The molecule has 0 heterocycles. The van der Waals surface area contributed by atoms with E-state index >= 15 is 0 Å². The fourth-order valence-electron chi connectivity index (χ4n) is 2.35. The fraction of sp³-hybridized carbons (Fsp3) is 0.611. The summed E-state index contributed by atoms with van der Waals surface area (Å²) in [4.78, 5) is 13.9. The molecule has 5 nitrogen and oxygen atoms in total. The van der Waals surface area contributed by atoms with Crippen LogP contribution in [0.25, 0.3) is 0 Å². The molecule has 0 radical (unpaired) electrons. The lowest BCUT2D eigenvalue weighted by atomic mass is 9.99. The quantitative estimate of drug-likeness (QED) is 0.466. The van der Waals surface area contributed by atoms with Gasteiger partial charge in [0.2, 0.25) is 5.91 Å². The Kier molecular flexibility index (Phi) is 9.11. The summed E-state index contributed by atoms with van der Waals surface area (Å²) >= 11 is 5.80. The first kappa shape index (κ1) is 20.7. The van der Waals surface area contributed by atoms with Crippen molar-refractivity contribution in [1.29, 1.82) is 0 Å². The summed E-state index contributed by atoms with van der Waals surface area (Å²) in [6, 6.07) is 5.73. The van der Waals surface area contributed by atoms with Crippen LogP contribution in [0.1, 0.15) is 46.1 Å². The number of anilines is 1. The Balaban J connectivity index is 3.33. The maximum Gasteiger partial charge on any atom is 0.243 e. The number of carbonyl (C=O) groups excluding carboxylic acids is 1. The third kappa shape index (κ3) is 5.65. The van der Waals surface area contributed by atoms with Crippen LogP contribution in [-0.2, 0) is 14.3 Å². The first-order valence-electron chi connectivity index (χ1n) is 8.31. The van der Waals surface area contributed by atoms with Crippen LogP contribution in [-0.4, -0.2) is 38.0 Å². The Morgan fingerprint density at radius 3 is 2.46 bits per heavy atom. The van der Waals surface area contributed by atoms with Crippen molar-refractivity contribution in [2.24, 2.45) is 0 Å². The van der Waals surface area contributed by atoms with E-state index in [4.69, 9.17) is 25.8 Å². The zero-order valence-electron chi connectivity index (χ0n) is 15.2. The summed E-state index contributed by atoms with van der Waals surface area (Å²) in [5, 5.41) is 0. The monoisotopic (exact) mass is 357 g/mol. The van der Waals surface area contributed by atoms with Crippen LogP contribution in [0, 0.1) is 0 Å². The maximum absolute atomic E-state index is 12.4. The average Bonchev–Trinajstić information content (AvgIpc) is 2.55. The molecule has 1 atom stereocenters. The molecule has 0 saturated carbocycles. The van der Waals surface area contributed by atoms with E-state index in [2.05, 4.69) is 13.8 Å². The highest BCUT2D eigenvalue weighted by molar-refractivity contribution is 6.29. The number of amides is 1. The number of ether oxygens (including phenoxy) is 3. The molecule has 0 spiro atoms.